The molecular formula is C15H23NO2. The summed E-state index contributed by atoms with van der Waals surface area (Å²) >= 11 is 0. The van der Waals surface area contributed by atoms with Gasteiger partial charge in [-0.1, -0.05) is 18.9 Å². The molecule has 0 aromatic rings. The molecule has 1 rings (SSSR count). The van der Waals surface area contributed by atoms with Gasteiger partial charge in [0.05, 0.1) is 6.54 Å². The van der Waals surface area contributed by atoms with Gasteiger partial charge in [-0.05, 0) is 51.3 Å². The van der Waals surface area contributed by atoms with Crippen LogP contribution in [0, 0.1) is 11.8 Å². The number of hydrogen-bond acceptors (Lipinski definition) is 3. The quantitative estimate of drug-likeness (QED) is 0.437. The van der Waals surface area contributed by atoms with Gasteiger partial charge in [0.1, 0.15) is 0 Å². The van der Waals surface area contributed by atoms with Crippen molar-refractivity contribution < 1.29 is 9.53 Å². The number of hydrogen-bond donors (Lipinski definition) is 0. The van der Waals surface area contributed by atoms with E-state index in [-0.39, 0.29) is 5.97 Å². The number of carbonyl (C=O) groups excluding carboxylic acids is 1. The fourth-order valence-electron chi connectivity index (χ4n) is 1.94. The molecule has 1 atom stereocenters. The maximum absolute atomic E-state index is 11.1. The van der Waals surface area contributed by atoms with Crippen LogP contribution in [0.5, 0.6) is 0 Å². The van der Waals surface area contributed by atoms with Crippen LogP contribution in [0.3, 0.4) is 0 Å². The van der Waals surface area contributed by atoms with Crippen molar-refractivity contribution in [2.45, 2.75) is 45.6 Å². The van der Waals surface area contributed by atoms with E-state index in [1.807, 2.05) is 6.92 Å². The highest BCUT2D eigenvalue weighted by Crippen LogP contribution is 2.18. The minimum absolute atomic E-state index is 0.326. The highest BCUT2D eigenvalue weighted by molar-refractivity contribution is 5.67. The van der Waals surface area contributed by atoms with Crippen LogP contribution >= 0.6 is 0 Å². The first kappa shape index (κ1) is 14.8. The summed E-state index contributed by atoms with van der Waals surface area (Å²) in [7, 11) is 0. The third kappa shape index (κ3) is 4.54. The molecule has 0 aromatic heterocycles. The summed E-state index contributed by atoms with van der Waals surface area (Å²) in [6, 6.07) is 0. The predicted molar refractivity (Wildman–Crippen MR) is 73.1 cm³/mol. The summed E-state index contributed by atoms with van der Waals surface area (Å²) in [5.74, 6) is 5.83. The number of carbonyl (C=O) groups is 1. The first-order valence-electron chi connectivity index (χ1n) is 6.52. The van der Waals surface area contributed by atoms with Crippen LogP contribution in [0.2, 0.25) is 0 Å². The lowest BCUT2D eigenvalue weighted by molar-refractivity contribution is -0.147. The molecule has 0 amide bonds. The second-order valence-corrected chi connectivity index (χ2v) is 5.05. The van der Waals surface area contributed by atoms with E-state index >= 15 is 0 Å². The Hall–Kier alpha value is -1.27. The van der Waals surface area contributed by atoms with Gasteiger partial charge in [0.15, 0.2) is 5.60 Å². The number of esters is 1. The largest absolute Gasteiger partial charge is 0.442 e. The predicted octanol–water partition coefficient (Wildman–Crippen LogP) is 2.37. The average molecular weight is 249 g/mol. The van der Waals surface area contributed by atoms with Crippen molar-refractivity contribution >= 4 is 5.97 Å². The van der Waals surface area contributed by atoms with E-state index in [1.54, 1.807) is 6.92 Å². The van der Waals surface area contributed by atoms with Gasteiger partial charge in [0.2, 0.25) is 0 Å². The molecule has 0 radical (unpaired) electrons. The highest BCUT2D eigenvalue weighted by Gasteiger charge is 2.26. The second kappa shape index (κ2) is 6.61. The van der Waals surface area contributed by atoms with Crippen LogP contribution in [0.15, 0.2) is 12.2 Å². The Morgan fingerprint density at radius 3 is 2.44 bits per heavy atom. The summed E-state index contributed by atoms with van der Waals surface area (Å²) in [6.07, 6.45) is 3.83. The van der Waals surface area contributed by atoms with Gasteiger partial charge < -0.3 is 4.74 Å². The summed E-state index contributed by atoms with van der Waals surface area (Å²) in [5, 5.41) is 0. The smallest absolute Gasteiger partial charge is 0.304 e. The molecule has 0 bridgehead atoms. The molecule has 1 heterocycles. The van der Waals surface area contributed by atoms with Crippen molar-refractivity contribution in [1.29, 1.82) is 0 Å². The molecule has 3 heteroatoms. The highest BCUT2D eigenvalue weighted by atomic mass is 16.6. The van der Waals surface area contributed by atoms with E-state index in [0.29, 0.717) is 0 Å². The van der Waals surface area contributed by atoms with Crippen LogP contribution in [-0.2, 0) is 9.53 Å². The lowest BCUT2D eigenvalue weighted by Gasteiger charge is -2.25. The van der Waals surface area contributed by atoms with Gasteiger partial charge in [-0.15, -0.1) is 0 Å². The summed E-state index contributed by atoms with van der Waals surface area (Å²) < 4.78 is 5.26. The van der Waals surface area contributed by atoms with Crippen molar-refractivity contribution in [3.8, 4) is 11.8 Å². The van der Waals surface area contributed by atoms with Crippen LogP contribution < -0.4 is 0 Å². The van der Waals surface area contributed by atoms with Crippen molar-refractivity contribution in [2.24, 2.45) is 0 Å². The van der Waals surface area contributed by atoms with E-state index in [1.165, 1.54) is 26.2 Å². The molecule has 0 aliphatic carbocycles. The topological polar surface area (TPSA) is 29.5 Å². The van der Waals surface area contributed by atoms with Crippen molar-refractivity contribution in [3.63, 3.8) is 0 Å². The molecule has 0 N–H and O–H groups in total. The molecule has 100 valence electrons. The van der Waals surface area contributed by atoms with E-state index in [2.05, 4.69) is 23.3 Å². The molecule has 3 nitrogen and oxygen atoms in total. The zero-order valence-corrected chi connectivity index (χ0v) is 11.7. The Labute approximate surface area is 110 Å². The lowest BCUT2D eigenvalue weighted by atomic mass is 9.99. The standard InChI is InChI=1S/C15H23NO2/c1-13(2)15(4,18-14(3)17)9-8-12-16-10-6-5-7-11-16/h1,5-7,10-12H2,2-4H3/t15-/m0/s1. The van der Waals surface area contributed by atoms with Crippen LogP contribution in [0.1, 0.15) is 40.0 Å². The molecule has 0 spiro atoms. The van der Waals surface area contributed by atoms with E-state index in [9.17, 15) is 4.79 Å². The number of nitrogens with zero attached hydrogens (tertiary/aromatic N) is 1. The number of piperidine rings is 1. The van der Waals surface area contributed by atoms with Crippen LogP contribution in [-0.4, -0.2) is 36.1 Å². The molecule has 1 saturated heterocycles. The monoisotopic (exact) mass is 249 g/mol. The minimum Gasteiger partial charge on any atom is -0.442 e. The van der Waals surface area contributed by atoms with Gasteiger partial charge in [0.25, 0.3) is 0 Å². The first-order chi connectivity index (χ1) is 8.44. The maximum Gasteiger partial charge on any atom is 0.304 e. The van der Waals surface area contributed by atoms with Crippen LogP contribution in [0.4, 0.5) is 0 Å². The lowest BCUT2D eigenvalue weighted by Crippen LogP contribution is -2.32. The van der Waals surface area contributed by atoms with Gasteiger partial charge in [-0.3, -0.25) is 9.69 Å². The third-order valence-electron chi connectivity index (χ3n) is 3.24. The van der Waals surface area contributed by atoms with E-state index in [4.69, 9.17) is 4.74 Å². The maximum atomic E-state index is 11.1. The molecule has 0 aromatic carbocycles. The van der Waals surface area contributed by atoms with Crippen molar-refractivity contribution in [1.82, 2.24) is 4.90 Å². The van der Waals surface area contributed by atoms with Crippen LogP contribution in [0.25, 0.3) is 0 Å². The summed E-state index contributed by atoms with van der Waals surface area (Å²) in [5.41, 5.74) is -0.106. The summed E-state index contributed by atoms with van der Waals surface area (Å²) in [6.45, 7) is 11.8. The summed E-state index contributed by atoms with van der Waals surface area (Å²) in [4.78, 5) is 13.4. The fourth-order valence-corrected chi connectivity index (χ4v) is 1.94. The molecular weight excluding hydrogens is 226 g/mol. The molecule has 1 aliphatic heterocycles. The Morgan fingerprint density at radius 1 is 1.33 bits per heavy atom. The third-order valence-corrected chi connectivity index (χ3v) is 3.24. The van der Waals surface area contributed by atoms with Gasteiger partial charge in [0, 0.05) is 6.92 Å². The minimum atomic E-state index is -0.860. The number of rotatable bonds is 3. The Morgan fingerprint density at radius 2 is 1.94 bits per heavy atom. The number of likely N-dealkylation sites (tertiary alicyclic amines) is 1. The van der Waals surface area contributed by atoms with E-state index in [0.717, 1.165) is 25.2 Å². The number of ether oxygens (including phenoxy) is 1. The Balaban J connectivity index is 2.60. The molecule has 0 unspecified atom stereocenters. The molecule has 1 fully saturated rings. The normalized spacial score (nSPS) is 19.3. The molecule has 18 heavy (non-hydrogen) atoms. The second-order valence-electron chi connectivity index (χ2n) is 5.05. The van der Waals surface area contributed by atoms with Crippen molar-refractivity contribution in [3.05, 3.63) is 12.2 Å². The first-order valence-corrected chi connectivity index (χ1v) is 6.52. The molecule has 1 aliphatic rings. The van der Waals surface area contributed by atoms with Crippen molar-refractivity contribution in [2.75, 3.05) is 19.6 Å². The Kier molecular flexibility index (Phi) is 5.43. The van der Waals surface area contributed by atoms with Gasteiger partial charge in [-0.25, -0.2) is 0 Å². The van der Waals surface area contributed by atoms with E-state index < -0.39 is 5.60 Å². The SMILES string of the molecule is C=C(C)[C@](C)(C#CCN1CCCCC1)OC(C)=O. The zero-order chi connectivity index (χ0) is 13.6. The fraction of sp³-hybridized carbons (Fsp3) is 0.667. The zero-order valence-electron chi connectivity index (χ0n) is 11.7. The van der Waals surface area contributed by atoms with Gasteiger partial charge >= 0.3 is 5.97 Å². The molecule has 0 saturated carbocycles. The average Bonchev–Trinajstić information content (AvgIpc) is 2.29. The Bertz CT molecular complexity index is 372. The van der Waals surface area contributed by atoms with Gasteiger partial charge in [-0.2, -0.15) is 0 Å².